The number of aryl methyl sites for hydroxylation is 2. The van der Waals surface area contributed by atoms with Gasteiger partial charge in [0.25, 0.3) is 0 Å². The Hall–Kier alpha value is -3.38. The van der Waals surface area contributed by atoms with Gasteiger partial charge in [0.15, 0.2) is 0 Å². The Morgan fingerprint density at radius 3 is 2.09 bits per heavy atom. The van der Waals surface area contributed by atoms with Gasteiger partial charge in [-0.15, -0.1) is 0 Å². The number of benzene rings is 3. The Labute approximate surface area is 210 Å². The number of rotatable bonds is 12. The molecule has 3 aromatic rings. The first-order valence-electron chi connectivity index (χ1n) is 12.9. The Morgan fingerprint density at radius 2 is 1.46 bits per heavy atom. The van der Waals surface area contributed by atoms with Crippen LogP contribution < -0.4 is 4.74 Å². The lowest BCUT2D eigenvalue weighted by Gasteiger charge is -2.10. The molecule has 0 saturated heterocycles. The summed E-state index contributed by atoms with van der Waals surface area (Å²) in [7, 11) is 0. The minimum absolute atomic E-state index is 0.306. The zero-order valence-electron chi connectivity index (χ0n) is 21.3. The lowest BCUT2D eigenvalue weighted by Crippen LogP contribution is -2.09. The minimum Gasteiger partial charge on any atom is -0.422 e. The van der Waals surface area contributed by atoms with E-state index in [0.29, 0.717) is 22.8 Å². The van der Waals surface area contributed by atoms with Gasteiger partial charge in [0, 0.05) is 0 Å². The normalized spacial score (nSPS) is 10.8. The third kappa shape index (κ3) is 8.11. The van der Waals surface area contributed by atoms with Crippen LogP contribution in [-0.4, -0.2) is 5.97 Å². The molecular weight excluding hydrogens is 430 g/mol. The largest absolute Gasteiger partial charge is 0.422 e. The molecule has 0 radical (unpaired) electrons. The standard InChI is InChI=1S/C32H37NO2/c1-4-5-6-7-8-9-25-12-15-27(16-13-25)28-17-19-29(20-18-28)32(34)35-31-21-14-26(11-10-24(2)3)22-30(31)23-33/h12-22,24H,4-11H2,1-3H3. The maximum absolute atomic E-state index is 12.7. The van der Waals surface area contributed by atoms with Crippen LogP contribution in [0, 0.1) is 17.2 Å². The molecule has 0 saturated carbocycles. The predicted molar refractivity (Wildman–Crippen MR) is 144 cm³/mol. The lowest BCUT2D eigenvalue weighted by molar-refractivity contribution is 0.0734. The molecule has 0 amide bonds. The molecule has 0 bridgehead atoms. The third-order valence-corrected chi connectivity index (χ3v) is 6.35. The second kappa shape index (κ2) is 13.5. The third-order valence-electron chi connectivity index (χ3n) is 6.35. The number of nitriles is 1. The van der Waals surface area contributed by atoms with Crippen LogP contribution in [0.5, 0.6) is 5.75 Å². The van der Waals surface area contributed by atoms with E-state index < -0.39 is 5.97 Å². The van der Waals surface area contributed by atoms with Crippen LogP contribution in [0.3, 0.4) is 0 Å². The molecular formula is C32H37NO2. The van der Waals surface area contributed by atoms with Gasteiger partial charge < -0.3 is 4.74 Å². The number of ether oxygens (including phenoxy) is 1. The zero-order chi connectivity index (χ0) is 25.0. The monoisotopic (exact) mass is 467 g/mol. The van der Waals surface area contributed by atoms with Crippen LogP contribution in [0.1, 0.15) is 86.3 Å². The highest BCUT2D eigenvalue weighted by Crippen LogP contribution is 2.24. The molecule has 0 N–H and O–H groups in total. The van der Waals surface area contributed by atoms with Gasteiger partial charge in [-0.1, -0.05) is 88.9 Å². The maximum Gasteiger partial charge on any atom is 0.343 e. The topological polar surface area (TPSA) is 50.1 Å². The Kier molecular flexibility index (Phi) is 10.1. The summed E-state index contributed by atoms with van der Waals surface area (Å²) in [4.78, 5) is 12.7. The van der Waals surface area contributed by atoms with Crippen LogP contribution in [0.4, 0.5) is 0 Å². The molecule has 0 unspecified atom stereocenters. The summed E-state index contributed by atoms with van der Waals surface area (Å²) in [6.07, 6.45) is 9.54. The fraction of sp³-hybridized carbons (Fsp3) is 0.375. The van der Waals surface area contributed by atoms with Gasteiger partial charge >= 0.3 is 5.97 Å². The summed E-state index contributed by atoms with van der Waals surface area (Å²) < 4.78 is 5.56. The molecule has 3 rings (SSSR count). The van der Waals surface area contributed by atoms with Gasteiger partial charge in [-0.3, -0.25) is 0 Å². The molecule has 0 aliphatic rings. The fourth-order valence-corrected chi connectivity index (χ4v) is 4.12. The van der Waals surface area contributed by atoms with Gasteiger partial charge in [-0.25, -0.2) is 4.79 Å². The van der Waals surface area contributed by atoms with E-state index in [1.54, 1.807) is 18.2 Å². The molecule has 0 atom stereocenters. The van der Waals surface area contributed by atoms with Crippen molar-refractivity contribution in [3.8, 4) is 22.9 Å². The summed E-state index contributed by atoms with van der Waals surface area (Å²) in [5.41, 5.74) is 5.49. The van der Waals surface area contributed by atoms with E-state index in [1.807, 2.05) is 24.3 Å². The van der Waals surface area contributed by atoms with Crippen molar-refractivity contribution in [1.29, 1.82) is 5.26 Å². The van der Waals surface area contributed by atoms with Crippen LogP contribution in [0.2, 0.25) is 0 Å². The fourth-order valence-electron chi connectivity index (χ4n) is 4.12. The quantitative estimate of drug-likeness (QED) is 0.152. The summed E-state index contributed by atoms with van der Waals surface area (Å²) in [6, 6.07) is 23.8. The van der Waals surface area contributed by atoms with Crippen molar-refractivity contribution in [3.05, 3.63) is 89.0 Å². The number of unbranched alkanes of at least 4 members (excludes halogenated alkanes) is 4. The number of carbonyl (C=O) groups excluding carboxylic acids is 1. The smallest absolute Gasteiger partial charge is 0.343 e. The Morgan fingerprint density at radius 1 is 0.829 bits per heavy atom. The van der Waals surface area contributed by atoms with E-state index in [0.717, 1.165) is 36.0 Å². The van der Waals surface area contributed by atoms with E-state index >= 15 is 0 Å². The summed E-state index contributed by atoms with van der Waals surface area (Å²) in [6.45, 7) is 6.60. The van der Waals surface area contributed by atoms with Crippen LogP contribution in [0.25, 0.3) is 11.1 Å². The molecule has 182 valence electrons. The molecule has 0 aromatic heterocycles. The van der Waals surface area contributed by atoms with Gasteiger partial charge in [0.05, 0.1) is 11.1 Å². The first kappa shape index (κ1) is 26.2. The van der Waals surface area contributed by atoms with Gasteiger partial charge in [0.2, 0.25) is 0 Å². The summed E-state index contributed by atoms with van der Waals surface area (Å²) in [5.74, 6) is 0.445. The van der Waals surface area contributed by atoms with E-state index in [9.17, 15) is 10.1 Å². The van der Waals surface area contributed by atoms with Gasteiger partial charge in [0.1, 0.15) is 11.8 Å². The van der Waals surface area contributed by atoms with Crippen LogP contribution >= 0.6 is 0 Å². The Balaban J connectivity index is 1.59. The lowest BCUT2D eigenvalue weighted by atomic mass is 10.00. The zero-order valence-corrected chi connectivity index (χ0v) is 21.3. The van der Waals surface area contributed by atoms with E-state index in [2.05, 4.69) is 51.1 Å². The highest BCUT2D eigenvalue weighted by Gasteiger charge is 2.13. The first-order chi connectivity index (χ1) is 17.0. The highest BCUT2D eigenvalue weighted by molar-refractivity contribution is 5.92. The van der Waals surface area contributed by atoms with Crippen molar-refractivity contribution in [2.45, 2.75) is 72.1 Å². The maximum atomic E-state index is 12.7. The average molecular weight is 468 g/mol. The van der Waals surface area contributed by atoms with Crippen molar-refractivity contribution in [3.63, 3.8) is 0 Å². The molecule has 0 aliphatic heterocycles. The van der Waals surface area contributed by atoms with Crippen molar-refractivity contribution in [2.75, 3.05) is 0 Å². The van der Waals surface area contributed by atoms with E-state index in [4.69, 9.17) is 4.74 Å². The van der Waals surface area contributed by atoms with Crippen molar-refractivity contribution < 1.29 is 9.53 Å². The molecule has 0 fully saturated rings. The number of esters is 1. The second-order valence-corrected chi connectivity index (χ2v) is 9.70. The SMILES string of the molecule is CCCCCCCc1ccc(-c2ccc(C(=O)Oc3ccc(CCC(C)C)cc3C#N)cc2)cc1. The molecule has 3 heteroatoms. The predicted octanol–water partition coefficient (Wildman–Crippen LogP) is 8.55. The summed E-state index contributed by atoms with van der Waals surface area (Å²) >= 11 is 0. The van der Waals surface area contributed by atoms with E-state index in [1.165, 1.54) is 37.7 Å². The molecule has 3 nitrogen and oxygen atoms in total. The van der Waals surface area contributed by atoms with Crippen LogP contribution in [-0.2, 0) is 12.8 Å². The average Bonchev–Trinajstić information content (AvgIpc) is 2.88. The molecule has 0 aliphatic carbocycles. The number of hydrogen-bond acceptors (Lipinski definition) is 3. The summed E-state index contributed by atoms with van der Waals surface area (Å²) in [5, 5.41) is 9.53. The molecule has 0 spiro atoms. The van der Waals surface area contributed by atoms with Crippen molar-refractivity contribution in [2.24, 2.45) is 5.92 Å². The van der Waals surface area contributed by atoms with Crippen LogP contribution in [0.15, 0.2) is 66.7 Å². The minimum atomic E-state index is -0.457. The van der Waals surface area contributed by atoms with Crippen molar-refractivity contribution in [1.82, 2.24) is 0 Å². The number of hydrogen-bond donors (Lipinski definition) is 0. The Bertz CT molecular complexity index is 1120. The molecule has 3 aromatic carbocycles. The van der Waals surface area contributed by atoms with E-state index in [-0.39, 0.29) is 0 Å². The van der Waals surface area contributed by atoms with Crippen molar-refractivity contribution >= 4 is 5.97 Å². The molecule has 35 heavy (non-hydrogen) atoms. The number of nitrogens with zero attached hydrogens (tertiary/aromatic N) is 1. The molecule has 0 heterocycles. The first-order valence-corrected chi connectivity index (χ1v) is 12.9. The van der Waals surface area contributed by atoms with Gasteiger partial charge in [-0.05, 0) is 78.1 Å². The number of carbonyl (C=O) groups is 1. The second-order valence-electron chi connectivity index (χ2n) is 9.70. The van der Waals surface area contributed by atoms with Gasteiger partial charge in [-0.2, -0.15) is 5.26 Å². The highest BCUT2D eigenvalue weighted by atomic mass is 16.5.